The molecule has 0 radical (unpaired) electrons. The minimum absolute atomic E-state index is 0.0203. The summed E-state index contributed by atoms with van der Waals surface area (Å²) in [4.78, 5) is 14.4. The molecule has 0 unspecified atom stereocenters. The Morgan fingerprint density at radius 1 is 1.38 bits per heavy atom. The Balaban J connectivity index is 2.08. The zero-order valence-corrected chi connectivity index (χ0v) is 15.4. The van der Waals surface area contributed by atoms with E-state index in [1.807, 2.05) is 20.8 Å². The van der Waals surface area contributed by atoms with Crippen molar-refractivity contribution in [2.24, 2.45) is 0 Å². The highest BCUT2D eigenvalue weighted by Crippen LogP contribution is 2.30. The number of esters is 1. The molecule has 1 aromatic carbocycles. The zero-order chi connectivity index (χ0) is 18.4. The van der Waals surface area contributed by atoms with Gasteiger partial charge in [-0.2, -0.15) is 0 Å². The Labute approximate surface area is 147 Å². The number of hydrogen-bond donors (Lipinski definition) is 1. The lowest BCUT2D eigenvalue weighted by molar-refractivity contribution is -0.155. The van der Waals surface area contributed by atoms with Crippen molar-refractivity contribution < 1.29 is 14.6 Å². The average Bonchev–Trinajstić information content (AvgIpc) is 3.04. The second kappa shape index (κ2) is 8.02. The fraction of sp³-hybridized carbons (Fsp3) is 0.650. The van der Waals surface area contributed by atoms with Crippen molar-refractivity contribution >= 4 is 11.7 Å². The molecule has 1 atom stereocenters. The number of aryl methyl sites for hydroxylation is 1. The zero-order valence-electron chi connectivity index (χ0n) is 16.4. The quantitative estimate of drug-likeness (QED) is 0.770. The van der Waals surface area contributed by atoms with Gasteiger partial charge in [-0.15, -0.1) is 0 Å². The maximum Gasteiger partial charge on any atom is 0.306 e. The molecule has 134 valence electrons. The molecule has 0 spiro atoms. The van der Waals surface area contributed by atoms with Crippen LogP contribution in [-0.4, -0.2) is 37.8 Å². The van der Waals surface area contributed by atoms with E-state index in [4.69, 9.17) is 6.17 Å². The van der Waals surface area contributed by atoms with Crippen LogP contribution in [0.4, 0.5) is 5.69 Å². The summed E-state index contributed by atoms with van der Waals surface area (Å²) in [7, 11) is 0. The molecule has 2 rings (SSSR count). The van der Waals surface area contributed by atoms with E-state index in [0.717, 1.165) is 18.7 Å². The summed E-state index contributed by atoms with van der Waals surface area (Å²) in [6, 6.07) is 6.43. The molecule has 1 heterocycles. The number of aliphatic hydroxyl groups is 1. The number of carbonyl (C=O) groups excluding carboxylic acids is 1. The molecule has 4 nitrogen and oxygen atoms in total. The van der Waals surface area contributed by atoms with E-state index in [-0.39, 0.29) is 18.5 Å². The molecular formula is C20H31NO3. The number of ether oxygens (including phenoxy) is 1. The summed E-state index contributed by atoms with van der Waals surface area (Å²) >= 11 is 0. The van der Waals surface area contributed by atoms with Crippen LogP contribution in [0.2, 0.25) is 0 Å². The Morgan fingerprint density at radius 3 is 2.71 bits per heavy atom. The third kappa shape index (κ3) is 5.23. The number of aliphatic hydroxyl groups excluding tert-OH is 1. The van der Waals surface area contributed by atoms with E-state index < -0.39 is 5.60 Å². The summed E-state index contributed by atoms with van der Waals surface area (Å²) in [6.07, 6.45) is 3.43. The van der Waals surface area contributed by atoms with Gasteiger partial charge in [-0.25, -0.2) is 0 Å². The van der Waals surface area contributed by atoms with Crippen molar-refractivity contribution in [2.75, 3.05) is 24.6 Å². The first-order valence-corrected chi connectivity index (χ1v) is 8.95. The normalized spacial score (nSPS) is 16.8. The lowest BCUT2D eigenvalue weighted by Crippen LogP contribution is -2.24. The van der Waals surface area contributed by atoms with Crippen molar-refractivity contribution in [2.45, 2.75) is 64.9 Å². The molecule has 0 aliphatic carbocycles. The molecule has 1 aliphatic rings. The highest BCUT2D eigenvalue weighted by molar-refractivity contribution is 5.70. The second-order valence-electron chi connectivity index (χ2n) is 7.73. The van der Waals surface area contributed by atoms with E-state index in [1.54, 1.807) is 0 Å². The van der Waals surface area contributed by atoms with Gasteiger partial charge in [-0.3, -0.25) is 4.79 Å². The van der Waals surface area contributed by atoms with Crippen LogP contribution in [0.25, 0.3) is 0 Å². The van der Waals surface area contributed by atoms with E-state index in [0.29, 0.717) is 12.8 Å². The van der Waals surface area contributed by atoms with Gasteiger partial charge in [0.25, 0.3) is 0 Å². The van der Waals surface area contributed by atoms with E-state index in [1.165, 1.54) is 24.1 Å². The Kier molecular flexibility index (Phi) is 5.77. The van der Waals surface area contributed by atoms with Crippen molar-refractivity contribution in [3.8, 4) is 0 Å². The SMILES string of the molecule is [3H]OC[C@@H](CCC(=O)OC(C)(C)C)c1ccc(C)c(N2CCCC2)c1. The standard InChI is InChI=1S/C20H31NO3/c1-15-7-8-16(13-18(15)21-11-5-6-12-21)17(14-22)9-10-19(23)24-20(2,3)4/h7-8,13,17,22H,5-6,9-12,14H2,1-4H3/t17-/m1/s1/i22T. The molecule has 1 fully saturated rings. The predicted molar refractivity (Wildman–Crippen MR) is 97.5 cm³/mol. The fourth-order valence-corrected chi connectivity index (χ4v) is 3.21. The average molecular weight is 335 g/mol. The smallest absolute Gasteiger partial charge is 0.306 e. The molecule has 24 heavy (non-hydrogen) atoms. The molecule has 4 heteroatoms. The van der Waals surface area contributed by atoms with Crippen LogP contribution in [-0.2, 0) is 9.53 Å². The van der Waals surface area contributed by atoms with E-state index in [2.05, 4.69) is 35.1 Å². The number of nitrogens with zero attached hydrogens (tertiary/aromatic N) is 1. The van der Waals surface area contributed by atoms with Gasteiger partial charge in [0.2, 0.25) is 1.43 Å². The van der Waals surface area contributed by atoms with Crippen LogP contribution in [0, 0.1) is 6.92 Å². The molecule has 1 saturated heterocycles. The number of rotatable bonds is 7. The van der Waals surface area contributed by atoms with E-state index in [9.17, 15) is 4.79 Å². The topological polar surface area (TPSA) is 49.8 Å². The van der Waals surface area contributed by atoms with Crippen LogP contribution in [0.5, 0.6) is 0 Å². The lowest BCUT2D eigenvalue weighted by atomic mass is 9.93. The first-order valence-electron chi connectivity index (χ1n) is 9.36. The van der Waals surface area contributed by atoms with Crippen molar-refractivity contribution in [3.05, 3.63) is 29.3 Å². The van der Waals surface area contributed by atoms with Crippen LogP contribution in [0.3, 0.4) is 0 Å². The Morgan fingerprint density at radius 2 is 2.08 bits per heavy atom. The van der Waals surface area contributed by atoms with Gasteiger partial charge >= 0.3 is 5.97 Å². The molecule has 0 amide bonds. The lowest BCUT2D eigenvalue weighted by Gasteiger charge is -2.24. The van der Waals surface area contributed by atoms with Gasteiger partial charge in [0.1, 0.15) is 5.60 Å². The van der Waals surface area contributed by atoms with Gasteiger partial charge in [0, 0.05) is 37.7 Å². The number of carbonyl (C=O) groups is 1. The monoisotopic (exact) mass is 335 g/mol. The third-order valence-electron chi connectivity index (χ3n) is 4.47. The minimum Gasteiger partial charge on any atom is -0.460 e. The van der Waals surface area contributed by atoms with Gasteiger partial charge in [0.15, 0.2) is 0 Å². The van der Waals surface area contributed by atoms with Crippen molar-refractivity contribution in [1.82, 2.24) is 0 Å². The molecule has 1 aromatic rings. The highest BCUT2D eigenvalue weighted by atomic mass is 16.6. The summed E-state index contributed by atoms with van der Waals surface area (Å²) in [6.45, 7) is 10.2. The van der Waals surface area contributed by atoms with Crippen molar-refractivity contribution in [3.63, 3.8) is 0 Å². The Bertz CT molecular complexity index is 577. The van der Waals surface area contributed by atoms with E-state index >= 15 is 0 Å². The minimum atomic E-state index is -0.467. The molecule has 0 aromatic heterocycles. The van der Waals surface area contributed by atoms with Crippen LogP contribution in [0.15, 0.2) is 18.2 Å². The maximum absolute atomic E-state index is 12.0. The molecule has 0 saturated carbocycles. The van der Waals surface area contributed by atoms with Gasteiger partial charge in [-0.1, -0.05) is 12.1 Å². The Hall–Kier alpha value is -1.55. The van der Waals surface area contributed by atoms with Gasteiger partial charge in [-0.05, 0) is 64.2 Å². The number of hydrogen-bond acceptors (Lipinski definition) is 4. The fourth-order valence-electron chi connectivity index (χ4n) is 3.21. The van der Waals surface area contributed by atoms with Crippen LogP contribution in [0.1, 0.15) is 63.5 Å². The van der Waals surface area contributed by atoms with Gasteiger partial charge in [0.05, 0.1) is 0 Å². The largest absolute Gasteiger partial charge is 0.460 e. The second-order valence-corrected chi connectivity index (χ2v) is 7.73. The molecule has 1 N–H and O–H groups in total. The van der Waals surface area contributed by atoms with Crippen LogP contribution >= 0.6 is 0 Å². The summed E-state index contributed by atoms with van der Waals surface area (Å²) in [5.74, 6) is -0.179. The first kappa shape index (κ1) is 17.3. The van der Waals surface area contributed by atoms with Gasteiger partial charge < -0.3 is 14.7 Å². The molecule has 1 aliphatic heterocycles. The molecule has 0 bridgehead atoms. The highest BCUT2D eigenvalue weighted by Gasteiger charge is 2.20. The van der Waals surface area contributed by atoms with Crippen LogP contribution < -0.4 is 4.90 Å². The maximum atomic E-state index is 12.0. The van der Waals surface area contributed by atoms with Crippen molar-refractivity contribution in [1.29, 1.82) is 1.43 Å². The third-order valence-corrected chi connectivity index (χ3v) is 4.47. The summed E-state index contributed by atoms with van der Waals surface area (Å²) in [5.41, 5.74) is 3.19. The number of benzene rings is 1. The number of anilines is 1. The summed E-state index contributed by atoms with van der Waals surface area (Å²) in [5, 5.41) is 4.67. The molecular weight excluding hydrogens is 302 g/mol. The first-order chi connectivity index (χ1) is 11.8. The predicted octanol–water partition coefficient (Wildman–Crippen LogP) is 3.79. The summed E-state index contributed by atoms with van der Waals surface area (Å²) < 4.78 is 12.5.